The summed E-state index contributed by atoms with van der Waals surface area (Å²) in [6, 6.07) is 12.3. The number of esters is 1. The van der Waals surface area contributed by atoms with Crippen molar-refractivity contribution in [2.45, 2.75) is 33.2 Å². The zero-order chi connectivity index (χ0) is 24.4. The van der Waals surface area contributed by atoms with E-state index in [1.54, 1.807) is 42.7 Å². The number of hydrogen-bond donors (Lipinski definition) is 1. The Morgan fingerprint density at radius 2 is 1.97 bits per heavy atom. The van der Waals surface area contributed by atoms with Gasteiger partial charge in [-0.3, -0.25) is 9.36 Å². The van der Waals surface area contributed by atoms with Crippen LogP contribution in [0.25, 0.3) is 6.08 Å². The molecule has 2 heterocycles. The quantitative estimate of drug-likeness (QED) is 0.438. The lowest BCUT2D eigenvalue weighted by atomic mass is 9.95. The first kappa shape index (κ1) is 23.4. The van der Waals surface area contributed by atoms with Crippen molar-refractivity contribution in [3.05, 3.63) is 108 Å². The summed E-state index contributed by atoms with van der Waals surface area (Å²) < 4.78 is 7.39. The van der Waals surface area contributed by atoms with Gasteiger partial charge in [-0.1, -0.05) is 53.3 Å². The molecule has 1 atom stereocenters. The van der Waals surface area contributed by atoms with Crippen molar-refractivity contribution in [1.29, 1.82) is 0 Å². The van der Waals surface area contributed by atoms with Crippen LogP contribution < -0.4 is 14.9 Å². The van der Waals surface area contributed by atoms with Gasteiger partial charge >= 0.3 is 5.97 Å². The Balaban J connectivity index is 1.92. The third kappa shape index (κ3) is 4.39. The van der Waals surface area contributed by atoms with Crippen molar-refractivity contribution in [3.63, 3.8) is 0 Å². The fourth-order valence-corrected chi connectivity index (χ4v) is 5.07. The fraction of sp³-hybridized carbons (Fsp3) is 0.222. The van der Waals surface area contributed by atoms with E-state index in [1.165, 1.54) is 11.3 Å². The van der Waals surface area contributed by atoms with Crippen molar-refractivity contribution >= 4 is 23.4 Å². The molecule has 1 aliphatic heterocycles. The van der Waals surface area contributed by atoms with Crippen LogP contribution >= 0.6 is 11.3 Å². The van der Waals surface area contributed by atoms with Gasteiger partial charge in [-0.15, -0.1) is 6.58 Å². The average molecular weight is 475 g/mol. The molecule has 7 heteroatoms. The minimum Gasteiger partial charge on any atom is -0.508 e. The van der Waals surface area contributed by atoms with Crippen LogP contribution in [0.2, 0.25) is 0 Å². The number of nitrogens with zero attached hydrogens (tertiary/aromatic N) is 2. The second kappa shape index (κ2) is 9.65. The standard InChI is InChI=1S/C27H26N2O4S/c1-5-7-20-14-18(10-13-21(20)30)15-22-25(31)29-24(19-11-8-16(3)9-12-19)23(26(32)33-6-2)17(4)28-27(29)34-22/h5,8-15,24,30H,1,6-7H2,2-4H3/b22-15+/t24-/m0/s1. The molecule has 1 aliphatic rings. The van der Waals surface area contributed by atoms with Gasteiger partial charge in [0.15, 0.2) is 4.80 Å². The van der Waals surface area contributed by atoms with Crippen LogP contribution in [0.3, 0.4) is 0 Å². The van der Waals surface area contributed by atoms with Gasteiger partial charge in [0.2, 0.25) is 0 Å². The Hall–Kier alpha value is -3.71. The first-order valence-corrected chi connectivity index (χ1v) is 11.8. The summed E-state index contributed by atoms with van der Waals surface area (Å²) in [4.78, 5) is 31.7. The number of carbonyl (C=O) groups is 1. The maximum Gasteiger partial charge on any atom is 0.338 e. The highest BCUT2D eigenvalue weighted by Gasteiger charge is 2.33. The zero-order valence-corrected chi connectivity index (χ0v) is 20.2. The predicted molar refractivity (Wildman–Crippen MR) is 134 cm³/mol. The van der Waals surface area contributed by atoms with E-state index in [4.69, 9.17) is 4.74 Å². The third-order valence-electron chi connectivity index (χ3n) is 5.68. The molecule has 3 aromatic rings. The second-order valence-electron chi connectivity index (χ2n) is 8.09. The molecule has 1 N–H and O–H groups in total. The molecular formula is C27H26N2O4S. The number of ether oxygens (including phenoxy) is 1. The van der Waals surface area contributed by atoms with Crippen molar-refractivity contribution < 1.29 is 14.6 Å². The van der Waals surface area contributed by atoms with E-state index in [-0.39, 0.29) is 17.9 Å². The zero-order valence-electron chi connectivity index (χ0n) is 19.4. The number of aromatic nitrogens is 1. The van der Waals surface area contributed by atoms with E-state index in [2.05, 4.69) is 11.6 Å². The summed E-state index contributed by atoms with van der Waals surface area (Å²) in [6.45, 7) is 9.47. The summed E-state index contributed by atoms with van der Waals surface area (Å²) in [7, 11) is 0. The Kier molecular flexibility index (Phi) is 6.65. The fourth-order valence-electron chi connectivity index (χ4n) is 4.02. The third-order valence-corrected chi connectivity index (χ3v) is 6.66. The van der Waals surface area contributed by atoms with Crippen LogP contribution in [0.15, 0.2) is 76.2 Å². The smallest absolute Gasteiger partial charge is 0.338 e. The number of benzene rings is 2. The van der Waals surface area contributed by atoms with E-state index in [9.17, 15) is 14.7 Å². The van der Waals surface area contributed by atoms with E-state index >= 15 is 0 Å². The van der Waals surface area contributed by atoms with Gasteiger partial charge in [0.05, 0.1) is 28.5 Å². The first-order valence-electron chi connectivity index (χ1n) is 11.0. The molecule has 0 spiro atoms. The Morgan fingerprint density at radius 1 is 1.24 bits per heavy atom. The normalized spacial score (nSPS) is 15.6. The number of rotatable bonds is 6. The summed E-state index contributed by atoms with van der Waals surface area (Å²) in [5.74, 6) is -0.288. The molecule has 0 saturated heterocycles. The predicted octanol–water partition coefficient (Wildman–Crippen LogP) is 3.54. The number of hydrogen-bond acceptors (Lipinski definition) is 6. The summed E-state index contributed by atoms with van der Waals surface area (Å²) in [5.41, 5.74) is 4.08. The Bertz CT molecular complexity index is 1480. The molecule has 0 radical (unpaired) electrons. The van der Waals surface area contributed by atoms with Crippen LogP contribution in [-0.4, -0.2) is 22.2 Å². The number of thiazole rings is 1. The SMILES string of the molecule is C=CCc1cc(/C=c2/sc3n(c2=O)[C@@H](c2ccc(C)cc2)C(C(=O)OCC)=C(C)N=3)ccc1O. The van der Waals surface area contributed by atoms with E-state index in [0.717, 1.165) is 22.3 Å². The van der Waals surface area contributed by atoms with Gasteiger partial charge < -0.3 is 9.84 Å². The molecular weight excluding hydrogens is 448 g/mol. The van der Waals surface area contributed by atoms with Crippen molar-refractivity contribution in [2.75, 3.05) is 6.61 Å². The van der Waals surface area contributed by atoms with Gasteiger partial charge in [0, 0.05) is 0 Å². The molecule has 0 amide bonds. The molecule has 0 unspecified atom stereocenters. The minimum absolute atomic E-state index is 0.188. The number of carbonyl (C=O) groups excluding carboxylic acids is 1. The Labute approximate surface area is 201 Å². The van der Waals surface area contributed by atoms with E-state index in [0.29, 0.717) is 27.0 Å². The Morgan fingerprint density at radius 3 is 2.65 bits per heavy atom. The molecule has 2 aromatic carbocycles. The van der Waals surface area contributed by atoms with Gasteiger partial charge in [-0.2, -0.15) is 0 Å². The molecule has 0 aliphatic carbocycles. The minimum atomic E-state index is -0.630. The number of aryl methyl sites for hydroxylation is 1. The topological polar surface area (TPSA) is 80.9 Å². The molecule has 6 nitrogen and oxygen atoms in total. The van der Waals surface area contributed by atoms with E-state index < -0.39 is 12.0 Å². The molecule has 174 valence electrons. The highest BCUT2D eigenvalue weighted by Crippen LogP contribution is 2.30. The summed E-state index contributed by atoms with van der Waals surface area (Å²) >= 11 is 1.27. The highest BCUT2D eigenvalue weighted by atomic mass is 32.1. The number of aromatic hydroxyl groups is 1. The second-order valence-corrected chi connectivity index (χ2v) is 9.10. The largest absolute Gasteiger partial charge is 0.508 e. The average Bonchev–Trinajstić information content (AvgIpc) is 3.10. The number of phenolic OH excluding ortho intramolecular Hbond substituents is 1. The van der Waals surface area contributed by atoms with Crippen molar-refractivity contribution in [1.82, 2.24) is 4.57 Å². The maximum absolute atomic E-state index is 13.6. The van der Waals surface area contributed by atoms with Crippen molar-refractivity contribution in [2.24, 2.45) is 4.99 Å². The van der Waals surface area contributed by atoms with Crippen LogP contribution in [0.5, 0.6) is 5.75 Å². The van der Waals surface area contributed by atoms with Gasteiger partial charge in [-0.25, -0.2) is 9.79 Å². The molecule has 0 fully saturated rings. The number of phenols is 1. The molecule has 4 rings (SSSR count). The van der Waals surface area contributed by atoms with Gasteiger partial charge in [-0.05, 0) is 62.1 Å². The van der Waals surface area contributed by atoms with Crippen LogP contribution in [0.4, 0.5) is 0 Å². The lowest BCUT2D eigenvalue weighted by molar-refractivity contribution is -0.139. The molecule has 0 saturated carbocycles. The number of allylic oxidation sites excluding steroid dienone is 2. The first-order chi connectivity index (χ1) is 16.3. The highest BCUT2D eigenvalue weighted by molar-refractivity contribution is 7.07. The van der Waals surface area contributed by atoms with Crippen LogP contribution in [0.1, 0.15) is 42.1 Å². The monoisotopic (exact) mass is 474 g/mol. The van der Waals surface area contributed by atoms with Gasteiger partial charge in [0.25, 0.3) is 5.56 Å². The lowest BCUT2D eigenvalue weighted by Crippen LogP contribution is -2.39. The number of fused-ring (bicyclic) bond motifs is 1. The maximum atomic E-state index is 13.6. The van der Waals surface area contributed by atoms with Gasteiger partial charge in [0.1, 0.15) is 5.75 Å². The van der Waals surface area contributed by atoms with Crippen LogP contribution in [-0.2, 0) is 16.0 Å². The van der Waals surface area contributed by atoms with Crippen LogP contribution in [0, 0.1) is 6.92 Å². The molecule has 1 aromatic heterocycles. The van der Waals surface area contributed by atoms with E-state index in [1.807, 2.05) is 37.3 Å². The summed E-state index contributed by atoms with van der Waals surface area (Å²) in [6.07, 6.45) is 4.02. The lowest BCUT2D eigenvalue weighted by Gasteiger charge is -2.24. The summed E-state index contributed by atoms with van der Waals surface area (Å²) in [5, 5.41) is 10.1. The van der Waals surface area contributed by atoms with Crippen molar-refractivity contribution in [3.8, 4) is 5.75 Å². The molecule has 0 bridgehead atoms. The molecule has 34 heavy (non-hydrogen) atoms.